The Hall–Kier alpha value is -1.81. The van der Waals surface area contributed by atoms with Crippen LogP contribution in [0.4, 0.5) is 0 Å². The van der Waals surface area contributed by atoms with E-state index in [2.05, 4.69) is 12.0 Å². The van der Waals surface area contributed by atoms with E-state index in [1.54, 1.807) is 12.1 Å². The van der Waals surface area contributed by atoms with Crippen LogP contribution in [0.15, 0.2) is 30.9 Å². The summed E-state index contributed by atoms with van der Waals surface area (Å²) in [4.78, 5) is 11.6. The molecule has 17 heavy (non-hydrogen) atoms. The first kappa shape index (κ1) is 13.3. The van der Waals surface area contributed by atoms with E-state index in [0.29, 0.717) is 24.3 Å². The molecule has 0 fully saturated rings. The number of hydrogen-bond acceptors (Lipinski definition) is 3. The number of rotatable bonds is 6. The van der Waals surface area contributed by atoms with E-state index in [9.17, 15) is 4.79 Å². The van der Waals surface area contributed by atoms with Crippen LogP contribution in [-0.2, 0) is 6.42 Å². The molecule has 0 spiro atoms. The van der Waals surface area contributed by atoms with E-state index in [0.717, 1.165) is 12.0 Å². The Balaban J connectivity index is 3.13. The molecule has 0 aliphatic carbocycles. The fourth-order valence-corrected chi connectivity index (χ4v) is 1.53. The lowest BCUT2D eigenvalue weighted by atomic mass is 10.1. The lowest BCUT2D eigenvalue weighted by Gasteiger charge is -2.13. The van der Waals surface area contributed by atoms with Crippen LogP contribution in [-0.4, -0.2) is 12.5 Å². The molecule has 4 heteroatoms. The van der Waals surface area contributed by atoms with Gasteiger partial charge < -0.3 is 4.74 Å². The van der Waals surface area contributed by atoms with Crippen molar-refractivity contribution in [3.8, 4) is 5.75 Å². The van der Waals surface area contributed by atoms with Gasteiger partial charge in [0.2, 0.25) is 0 Å². The van der Waals surface area contributed by atoms with Crippen LogP contribution in [0.25, 0.3) is 0 Å². The summed E-state index contributed by atoms with van der Waals surface area (Å²) in [6.45, 7) is 6.27. The molecule has 1 aromatic carbocycles. The van der Waals surface area contributed by atoms with E-state index >= 15 is 0 Å². The highest BCUT2D eigenvalue weighted by Crippen LogP contribution is 2.25. The van der Waals surface area contributed by atoms with Crippen LogP contribution < -0.4 is 16.0 Å². The molecular weight excluding hydrogens is 216 g/mol. The predicted molar refractivity (Wildman–Crippen MR) is 67.8 cm³/mol. The van der Waals surface area contributed by atoms with Crippen molar-refractivity contribution in [3.63, 3.8) is 0 Å². The minimum absolute atomic E-state index is 0.345. The summed E-state index contributed by atoms with van der Waals surface area (Å²) < 4.78 is 5.63. The Morgan fingerprint density at radius 3 is 2.94 bits per heavy atom. The molecule has 3 N–H and O–H groups in total. The maximum Gasteiger partial charge on any atom is 0.268 e. The first-order valence-electron chi connectivity index (χ1n) is 5.61. The average molecular weight is 234 g/mol. The van der Waals surface area contributed by atoms with E-state index in [1.165, 1.54) is 0 Å². The van der Waals surface area contributed by atoms with Crippen molar-refractivity contribution in [1.29, 1.82) is 0 Å². The van der Waals surface area contributed by atoms with Crippen molar-refractivity contribution in [3.05, 3.63) is 42.0 Å². The van der Waals surface area contributed by atoms with Gasteiger partial charge in [-0.3, -0.25) is 10.2 Å². The van der Waals surface area contributed by atoms with Gasteiger partial charge in [-0.05, 0) is 24.5 Å². The van der Waals surface area contributed by atoms with Crippen LogP contribution >= 0.6 is 0 Å². The summed E-state index contributed by atoms with van der Waals surface area (Å²) in [7, 11) is 0. The predicted octanol–water partition coefficient (Wildman–Crippen LogP) is 1.81. The van der Waals surface area contributed by atoms with Gasteiger partial charge in [0.15, 0.2) is 0 Å². The summed E-state index contributed by atoms with van der Waals surface area (Å²) >= 11 is 0. The molecule has 0 aliphatic heterocycles. The van der Waals surface area contributed by atoms with Crippen molar-refractivity contribution in [2.24, 2.45) is 5.84 Å². The van der Waals surface area contributed by atoms with Crippen LogP contribution in [0, 0.1) is 0 Å². The number of nitrogen functional groups attached to an aromatic ring is 1. The van der Waals surface area contributed by atoms with Gasteiger partial charge >= 0.3 is 0 Å². The van der Waals surface area contributed by atoms with Crippen LogP contribution in [0.2, 0.25) is 0 Å². The van der Waals surface area contributed by atoms with Crippen molar-refractivity contribution >= 4 is 5.91 Å². The number of nitrogens with two attached hydrogens (primary N) is 1. The first-order valence-corrected chi connectivity index (χ1v) is 5.61. The fraction of sp³-hybridized carbons (Fsp3) is 0.308. The molecular formula is C13H18N2O2. The quantitative estimate of drug-likeness (QED) is 0.341. The fourth-order valence-electron chi connectivity index (χ4n) is 1.53. The number of hydrogen-bond donors (Lipinski definition) is 2. The zero-order valence-electron chi connectivity index (χ0n) is 10.0. The summed E-state index contributed by atoms with van der Waals surface area (Å²) in [5.41, 5.74) is 3.52. The minimum atomic E-state index is -0.345. The maximum absolute atomic E-state index is 11.6. The smallest absolute Gasteiger partial charge is 0.268 e. The molecule has 0 heterocycles. The Morgan fingerprint density at radius 1 is 1.59 bits per heavy atom. The Labute approximate surface area is 101 Å². The minimum Gasteiger partial charge on any atom is -0.492 e. The topological polar surface area (TPSA) is 64.4 Å². The van der Waals surface area contributed by atoms with Crippen LogP contribution in [0.5, 0.6) is 5.75 Å². The highest BCUT2D eigenvalue weighted by Gasteiger charge is 2.14. The molecule has 0 atom stereocenters. The molecule has 0 bridgehead atoms. The number of ether oxygens (including phenoxy) is 1. The lowest BCUT2D eigenvalue weighted by Crippen LogP contribution is -2.30. The molecule has 1 amide bonds. The van der Waals surface area contributed by atoms with Gasteiger partial charge in [-0.15, -0.1) is 6.58 Å². The maximum atomic E-state index is 11.6. The number of para-hydroxylation sites is 1. The number of benzene rings is 1. The van der Waals surface area contributed by atoms with Crippen molar-refractivity contribution in [2.75, 3.05) is 6.61 Å². The van der Waals surface area contributed by atoms with E-state index < -0.39 is 0 Å². The molecule has 92 valence electrons. The summed E-state index contributed by atoms with van der Waals surface area (Å²) in [5.74, 6) is 5.40. The number of nitrogens with one attached hydrogen (secondary N) is 1. The van der Waals surface area contributed by atoms with Gasteiger partial charge in [-0.25, -0.2) is 5.84 Å². The molecule has 0 saturated heterocycles. The third-order valence-corrected chi connectivity index (χ3v) is 2.29. The average Bonchev–Trinajstić information content (AvgIpc) is 2.36. The zero-order chi connectivity index (χ0) is 12.7. The van der Waals surface area contributed by atoms with Gasteiger partial charge in [0.25, 0.3) is 5.91 Å². The molecule has 1 aromatic rings. The molecule has 4 nitrogen and oxygen atoms in total. The highest BCUT2D eigenvalue weighted by molar-refractivity contribution is 5.97. The largest absolute Gasteiger partial charge is 0.492 e. The highest BCUT2D eigenvalue weighted by atomic mass is 16.5. The Bertz CT molecular complexity index is 402. The zero-order valence-corrected chi connectivity index (χ0v) is 10.0. The SMILES string of the molecule is C=CCc1cccc(C(=O)NN)c1OCCC. The van der Waals surface area contributed by atoms with Crippen LogP contribution in [0.1, 0.15) is 29.3 Å². The van der Waals surface area contributed by atoms with Crippen molar-refractivity contribution in [2.45, 2.75) is 19.8 Å². The number of amides is 1. The van der Waals surface area contributed by atoms with Gasteiger partial charge in [0.05, 0.1) is 12.2 Å². The van der Waals surface area contributed by atoms with Crippen molar-refractivity contribution in [1.82, 2.24) is 5.43 Å². The number of allylic oxidation sites excluding steroid dienone is 1. The summed E-state index contributed by atoms with van der Waals surface area (Å²) in [6.07, 6.45) is 3.31. The second-order valence-corrected chi connectivity index (χ2v) is 3.61. The number of carbonyl (C=O) groups is 1. The van der Waals surface area contributed by atoms with E-state index in [-0.39, 0.29) is 5.91 Å². The summed E-state index contributed by atoms with van der Waals surface area (Å²) in [6, 6.07) is 5.42. The normalized spacial score (nSPS) is 9.76. The number of hydrazine groups is 1. The third kappa shape index (κ3) is 3.32. The van der Waals surface area contributed by atoms with E-state index in [1.807, 2.05) is 19.1 Å². The third-order valence-electron chi connectivity index (χ3n) is 2.29. The van der Waals surface area contributed by atoms with Gasteiger partial charge in [0.1, 0.15) is 5.75 Å². The second kappa shape index (κ2) is 6.70. The molecule has 0 aromatic heterocycles. The van der Waals surface area contributed by atoms with Gasteiger partial charge in [0, 0.05) is 0 Å². The van der Waals surface area contributed by atoms with Gasteiger partial charge in [-0.2, -0.15) is 0 Å². The lowest BCUT2D eigenvalue weighted by molar-refractivity contribution is 0.0949. The Morgan fingerprint density at radius 2 is 2.35 bits per heavy atom. The molecule has 0 unspecified atom stereocenters. The number of carbonyl (C=O) groups excluding carboxylic acids is 1. The molecule has 0 saturated carbocycles. The standard InChI is InChI=1S/C13H18N2O2/c1-3-6-10-7-5-8-11(13(16)15-14)12(10)17-9-4-2/h3,5,7-8H,1,4,6,9,14H2,2H3,(H,15,16). The van der Waals surface area contributed by atoms with Crippen molar-refractivity contribution < 1.29 is 9.53 Å². The molecule has 0 aliphatic rings. The summed E-state index contributed by atoms with van der Waals surface area (Å²) in [5, 5.41) is 0. The molecule has 1 rings (SSSR count). The monoisotopic (exact) mass is 234 g/mol. The van der Waals surface area contributed by atoms with E-state index in [4.69, 9.17) is 10.6 Å². The van der Waals surface area contributed by atoms with Crippen LogP contribution in [0.3, 0.4) is 0 Å². The Kier molecular flexibility index (Phi) is 5.23. The molecule has 0 radical (unpaired) electrons. The second-order valence-electron chi connectivity index (χ2n) is 3.61. The van der Waals surface area contributed by atoms with Gasteiger partial charge in [-0.1, -0.05) is 25.1 Å². The first-order chi connectivity index (χ1) is 8.24.